The predicted octanol–water partition coefficient (Wildman–Crippen LogP) is 2.19. The van der Waals surface area contributed by atoms with E-state index in [-0.39, 0.29) is 19.2 Å². The zero-order valence-electron chi connectivity index (χ0n) is 17.3. The first-order valence-corrected chi connectivity index (χ1v) is 11.8. The molecule has 11 nitrogen and oxygen atoms in total. The number of cyclic esters (lactones) is 1. The van der Waals surface area contributed by atoms with Crippen molar-refractivity contribution in [3.05, 3.63) is 65.4 Å². The fraction of sp³-hybridized carbons (Fsp3) is 0.238. The van der Waals surface area contributed by atoms with Gasteiger partial charge in [-0.2, -0.15) is 0 Å². The van der Waals surface area contributed by atoms with E-state index in [4.69, 9.17) is 15.8 Å². The molecule has 3 aromatic rings. The summed E-state index contributed by atoms with van der Waals surface area (Å²) in [6.45, 7) is 6.95. The molecule has 0 bridgehead atoms. The van der Waals surface area contributed by atoms with Crippen molar-refractivity contribution in [3.8, 4) is 16.9 Å². The maximum absolute atomic E-state index is 12.4. The lowest BCUT2D eigenvalue weighted by molar-refractivity contribution is 0.0852. The number of ether oxygens (including phenoxy) is 1. The van der Waals surface area contributed by atoms with E-state index in [2.05, 4.69) is 26.4 Å². The molecule has 0 unspecified atom stereocenters. The van der Waals surface area contributed by atoms with Crippen LogP contribution in [0.25, 0.3) is 21.8 Å². The average molecular weight is 466 g/mol. The predicted molar refractivity (Wildman–Crippen MR) is 120 cm³/mol. The van der Waals surface area contributed by atoms with E-state index in [0.717, 1.165) is 22.4 Å². The van der Waals surface area contributed by atoms with Gasteiger partial charge in [-0.15, -0.1) is 5.10 Å². The van der Waals surface area contributed by atoms with Gasteiger partial charge in [0.15, 0.2) is 11.5 Å². The van der Waals surface area contributed by atoms with Crippen LogP contribution in [-0.4, -0.2) is 60.9 Å². The minimum Gasteiger partial charge on any atom is -0.441 e. The highest BCUT2D eigenvalue weighted by Crippen LogP contribution is 2.42. The van der Waals surface area contributed by atoms with Gasteiger partial charge in [-0.3, -0.25) is 4.90 Å². The summed E-state index contributed by atoms with van der Waals surface area (Å²) in [4.78, 5) is 40.5. The summed E-state index contributed by atoms with van der Waals surface area (Å²) in [5, 5.41) is 7.95. The Labute approximate surface area is 188 Å². The first kappa shape index (κ1) is 21.3. The molecule has 33 heavy (non-hydrogen) atoms. The summed E-state index contributed by atoms with van der Waals surface area (Å²) in [7, 11) is -3.66. The van der Waals surface area contributed by atoms with Gasteiger partial charge in [0.25, 0.3) is 6.54 Å². The molecule has 1 amide bonds. The van der Waals surface area contributed by atoms with Crippen LogP contribution < -0.4 is 4.90 Å². The van der Waals surface area contributed by atoms with Gasteiger partial charge in [0.05, 0.1) is 24.5 Å². The Balaban J connectivity index is 1.35. The van der Waals surface area contributed by atoms with Crippen LogP contribution in [-0.2, 0) is 22.2 Å². The molecule has 2 atom stereocenters. The van der Waals surface area contributed by atoms with Gasteiger partial charge in [-0.25, -0.2) is 21.0 Å². The van der Waals surface area contributed by atoms with Crippen LogP contribution >= 0.6 is 7.57 Å². The molecular weight excluding hydrogens is 447 g/mol. The van der Waals surface area contributed by atoms with Crippen molar-refractivity contribution in [1.82, 2.24) is 20.0 Å². The van der Waals surface area contributed by atoms with Crippen LogP contribution in [0.5, 0.6) is 0 Å². The molecule has 168 valence electrons. The van der Waals surface area contributed by atoms with Crippen molar-refractivity contribution < 1.29 is 23.8 Å². The molecule has 0 saturated carbocycles. The molecule has 5 rings (SSSR count). The molecule has 1 fully saturated rings. The summed E-state index contributed by atoms with van der Waals surface area (Å²) in [5.74, 6) is 0.590. The smallest absolute Gasteiger partial charge is 0.415 e. The Morgan fingerprint density at radius 2 is 2.12 bits per heavy atom. The maximum Gasteiger partial charge on any atom is 0.415 e. The quantitative estimate of drug-likeness (QED) is 0.418. The third-order valence-corrected chi connectivity index (χ3v) is 6.08. The van der Waals surface area contributed by atoms with Crippen LogP contribution in [0, 0.1) is 6.57 Å². The number of aromatic nitrogens is 4. The summed E-state index contributed by atoms with van der Waals surface area (Å²) < 4.78 is 11.9. The van der Waals surface area contributed by atoms with E-state index in [9.17, 15) is 14.6 Å². The molecule has 2 N–H and O–H groups in total. The fourth-order valence-electron chi connectivity index (χ4n) is 4.05. The molecule has 2 aromatic heterocycles. The SMILES string of the molecule is [C-]#[N+]Cc1cn(-c2ccc(-c3ccc4c(c3)C[C@H]3[C@H](COP(=C)(O)O)OC(=O)N43)cn2)nn1. The number of hydrogen-bond donors (Lipinski definition) is 2. The van der Waals surface area contributed by atoms with Gasteiger partial charge in [-0.1, -0.05) is 11.3 Å². The van der Waals surface area contributed by atoms with Crippen molar-refractivity contribution in [2.24, 2.45) is 0 Å². The van der Waals surface area contributed by atoms with Crippen LogP contribution in [0.1, 0.15) is 11.3 Å². The van der Waals surface area contributed by atoms with Crippen LogP contribution in [0.4, 0.5) is 10.5 Å². The molecule has 12 heteroatoms. The van der Waals surface area contributed by atoms with E-state index in [1.54, 1.807) is 17.3 Å². The van der Waals surface area contributed by atoms with E-state index in [0.29, 0.717) is 17.9 Å². The number of anilines is 1. The number of rotatable bonds is 6. The molecule has 0 radical (unpaired) electrons. The lowest BCUT2D eigenvalue weighted by Crippen LogP contribution is -2.35. The van der Waals surface area contributed by atoms with E-state index in [1.807, 2.05) is 30.3 Å². The third-order valence-electron chi connectivity index (χ3n) is 5.52. The zero-order chi connectivity index (χ0) is 23.2. The lowest BCUT2D eigenvalue weighted by Gasteiger charge is -2.18. The van der Waals surface area contributed by atoms with E-state index < -0.39 is 19.8 Å². The van der Waals surface area contributed by atoms with Crippen molar-refractivity contribution in [2.75, 3.05) is 11.5 Å². The second-order valence-corrected chi connectivity index (χ2v) is 9.33. The number of pyridine rings is 1. The molecule has 0 aliphatic carbocycles. The first-order chi connectivity index (χ1) is 15.8. The maximum atomic E-state index is 12.4. The molecule has 0 spiro atoms. The normalized spacial score (nSPS) is 19.2. The van der Waals surface area contributed by atoms with Crippen LogP contribution in [0.15, 0.2) is 42.7 Å². The van der Waals surface area contributed by atoms with Crippen molar-refractivity contribution in [2.45, 2.75) is 25.1 Å². The largest absolute Gasteiger partial charge is 0.441 e. The average Bonchev–Trinajstić information content (AvgIpc) is 3.47. The topological polar surface area (TPSA) is 127 Å². The van der Waals surface area contributed by atoms with Crippen LogP contribution in [0.2, 0.25) is 0 Å². The molecule has 4 heterocycles. The Hall–Kier alpha value is -3.55. The Bertz CT molecular complexity index is 1310. The molecule has 1 aromatic carbocycles. The monoisotopic (exact) mass is 466 g/mol. The summed E-state index contributed by atoms with van der Waals surface area (Å²) >= 11 is 0. The van der Waals surface area contributed by atoms with Gasteiger partial charge in [0.2, 0.25) is 7.57 Å². The lowest BCUT2D eigenvalue weighted by atomic mass is 10.0. The van der Waals surface area contributed by atoms with Gasteiger partial charge in [0, 0.05) is 11.8 Å². The molecule has 2 aliphatic heterocycles. The minimum absolute atomic E-state index is 0.136. The number of hydrogen-bond acceptors (Lipinski definition) is 8. The number of fused-ring (bicyclic) bond motifs is 3. The summed E-state index contributed by atoms with van der Waals surface area (Å²) in [5.41, 5.74) is 4.16. The van der Waals surface area contributed by atoms with E-state index >= 15 is 0 Å². The van der Waals surface area contributed by atoms with Crippen molar-refractivity contribution in [3.63, 3.8) is 0 Å². The number of benzene rings is 1. The molecular formula is C21H19N6O5P. The van der Waals surface area contributed by atoms with Crippen LogP contribution in [0.3, 0.4) is 0 Å². The number of carbonyl (C=O) groups is 1. The highest BCUT2D eigenvalue weighted by atomic mass is 31.2. The first-order valence-electron chi connectivity index (χ1n) is 10.00. The standard InChI is InChI=1S/C21H19N6O5P/c1-22-10-16-11-26(25-24-16)20-6-4-14(9-23-20)13-3-5-17-15(7-13)8-18-19(12-31-33(2,29)30)32-21(28)27(17)18/h3-7,9,11,18-19,29-30H,2,8,10,12H2/t18-,19-/m0/s1. The van der Waals surface area contributed by atoms with E-state index in [1.165, 1.54) is 4.68 Å². The van der Waals surface area contributed by atoms with Crippen molar-refractivity contribution in [1.29, 1.82) is 0 Å². The summed E-state index contributed by atoms with van der Waals surface area (Å²) in [6.07, 6.45) is 6.03. The van der Waals surface area contributed by atoms with Gasteiger partial charge in [-0.05, 0) is 48.1 Å². The number of amides is 1. The second-order valence-electron chi connectivity index (χ2n) is 7.74. The Kier molecular flexibility index (Phi) is 5.23. The second kappa shape index (κ2) is 8.10. The fourth-order valence-corrected chi connectivity index (χ4v) is 4.43. The molecule has 1 saturated heterocycles. The minimum atomic E-state index is -3.66. The molecule has 2 aliphatic rings. The van der Waals surface area contributed by atoms with Crippen molar-refractivity contribution >= 4 is 25.6 Å². The Morgan fingerprint density at radius 1 is 1.30 bits per heavy atom. The Morgan fingerprint density at radius 3 is 2.85 bits per heavy atom. The highest BCUT2D eigenvalue weighted by Gasteiger charge is 2.47. The number of carbonyl (C=O) groups excluding carboxylic acids is 1. The highest BCUT2D eigenvalue weighted by molar-refractivity contribution is 7.57. The zero-order valence-corrected chi connectivity index (χ0v) is 18.2. The van der Waals surface area contributed by atoms with Gasteiger partial charge < -0.3 is 23.9 Å². The number of nitrogens with zero attached hydrogens (tertiary/aromatic N) is 6. The van der Waals surface area contributed by atoms with Gasteiger partial charge >= 0.3 is 6.09 Å². The summed E-state index contributed by atoms with van der Waals surface area (Å²) in [6, 6.07) is 9.24. The third kappa shape index (κ3) is 4.13. The van der Waals surface area contributed by atoms with Gasteiger partial charge in [0.1, 0.15) is 6.10 Å².